The highest BCUT2D eigenvalue weighted by Gasteiger charge is 2.05. The van der Waals surface area contributed by atoms with E-state index < -0.39 is 0 Å². The summed E-state index contributed by atoms with van der Waals surface area (Å²) in [5, 5.41) is 0. The first-order chi connectivity index (χ1) is 5.75. The van der Waals surface area contributed by atoms with Gasteiger partial charge in [0.25, 0.3) is 5.91 Å². The van der Waals surface area contributed by atoms with Crippen LogP contribution in [0.1, 0.15) is 15.9 Å². The minimum absolute atomic E-state index is 0.101. The van der Waals surface area contributed by atoms with Gasteiger partial charge in [0.2, 0.25) is 0 Å². The number of aryl methyl sites for hydroxylation is 1. The lowest BCUT2D eigenvalue weighted by Crippen LogP contribution is -2.34. The normalized spacial score (nSPS) is 9.50. The van der Waals surface area contributed by atoms with E-state index in [2.05, 4.69) is 10.9 Å². The van der Waals surface area contributed by atoms with Crippen LogP contribution in [0, 0.1) is 6.92 Å². The molecular weight excluding hydrogens is 152 g/mol. The van der Waals surface area contributed by atoms with Crippen LogP contribution < -0.4 is 10.9 Å². The maximum absolute atomic E-state index is 11.3. The van der Waals surface area contributed by atoms with Gasteiger partial charge in [0.1, 0.15) is 0 Å². The summed E-state index contributed by atoms with van der Waals surface area (Å²) in [6.07, 6.45) is 0. The zero-order valence-corrected chi connectivity index (χ0v) is 7.22. The van der Waals surface area contributed by atoms with Gasteiger partial charge in [0.05, 0.1) is 0 Å². The van der Waals surface area contributed by atoms with Crippen LogP contribution in [-0.2, 0) is 0 Å². The number of hydrazine groups is 1. The van der Waals surface area contributed by atoms with Crippen molar-refractivity contribution in [1.82, 2.24) is 10.9 Å². The Morgan fingerprint density at radius 2 is 2.00 bits per heavy atom. The van der Waals surface area contributed by atoms with Gasteiger partial charge in [-0.1, -0.05) is 18.2 Å². The van der Waals surface area contributed by atoms with E-state index in [1.807, 2.05) is 25.1 Å². The molecule has 0 saturated carbocycles. The molecule has 1 rings (SSSR count). The highest BCUT2D eigenvalue weighted by atomic mass is 16.2. The molecule has 0 fully saturated rings. The standard InChI is InChI=1S/C9H12N2O/c1-7-5-3-4-6-8(7)9(12)11-10-2/h3-6,10H,1-2H3,(H,11,12). The zero-order valence-electron chi connectivity index (χ0n) is 7.22. The molecule has 0 atom stereocenters. The smallest absolute Gasteiger partial charge is 0.265 e. The predicted molar refractivity (Wildman–Crippen MR) is 47.7 cm³/mol. The van der Waals surface area contributed by atoms with Crippen molar-refractivity contribution >= 4 is 5.91 Å². The molecule has 0 radical (unpaired) electrons. The van der Waals surface area contributed by atoms with Gasteiger partial charge in [-0.05, 0) is 18.6 Å². The van der Waals surface area contributed by atoms with Gasteiger partial charge >= 0.3 is 0 Å². The van der Waals surface area contributed by atoms with Gasteiger partial charge < -0.3 is 0 Å². The second-order valence-corrected chi connectivity index (χ2v) is 2.52. The third kappa shape index (κ3) is 1.83. The molecule has 12 heavy (non-hydrogen) atoms. The summed E-state index contributed by atoms with van der Waals surface area (Å²) < 4.78 is 0. The van der Waals surface area contributed by atoms with E-state index in [9.17, 15) is 4.79 Å². The van der Waals surface area contributed by atoms with E-state index >= 15 is 0 Å². The number of hydrogen-bond donors (Lipinski definition) is 2. The molecule has 0 bridgehead atoms. The van der Waals surface area contributed by atoms with Crippen LogP contribution in [0.5, 0.6) is 0 Å². The molecule has 0 aliphatic carbocycles. The Labute approximate surface area is 71.8 Å². The van der Waals surface area contributed by atoms with Gasteiger partial charge in [0.15, 0.2) is 0 Å². The predicted octanol–water partition coefficient (Wildman–Crippen LogP) is 0.859. The summed E-state index contributed by atoms with van der Waals surface area (Å²) in [5.41, 5.74) is 6.79. The average molecular weight is 164 g/mol. The molecule has 0 unspecified atom stereocenters. The van der Waals surface area contributed by atoms with Crippen LogP contribution in [0.25, 0.3) is 0 Å². The molecule has 1 aromatic carbocycles. The van der Waals surface area contributed by atoms with Crippen molar-refractivity contribution in [2.24, 2.45) is 0 Å². The van der Waals surface area contributed by atoms with Crippen LogP contribution in [0.15, 0.2) is 24.3 Å². The fourth-order valence-corrected chi connectivity index (χ4v) is 1.01. The Balaban J connectivity index is 2.87. The van der Waals surface area contributed by atoms with Crippen molar-refractivity contribution in [1.29, 1.82) is 0 Å². The highest BCUT2D eigenvalue weighted by molar-refractivity contribution is 5.95. The molecule has 0 aliphatic rings. The van der Waals surface area contributed by atoms with Crippen molar-refractivity contribution < 1.29 is 4.79 Å². The maximum atomic E-state index is 11.3. The van der Waals surface area contributed by atoms with Crippen molar-refractivity contribution in [3.8, 4) is 0 Å². The van der Waals surface area contributed by atoms with Gasteiger partial charge in [-0.25, -0.2) is 5.43 Å². The van der Waals surface area contributed by atoms with Gasteiger partial charge in [-0.15, -0.1) is 0 Å². The van der Waals surface area contributed by atoms with E-state index in [-0.39, 0.29) is 5.91 Å². The average Bonchev–Trinajstić information content (AvgIpc) is 2.05. The fraction of sp³-hybridized carbons (Fsp3) is 0.222. The summed E-state index contributed by atoms with van der Waals surface area (Å²) in [4.78, 5) is 11.3. The Morgan fingerprint density at radius 1 is 1.33 bits per heavy atom. The molecule has 3 nitrogen and oxygen atoms in total. The van der Waals surface area contributed by atoms with Crippen LogP contribution in [-0.4, -0.2) is 13.0 Å². The molecule has 0 spiro atoms. The summed E-state index contributed by atoms with van der Waals surface area (Å²) in [6, 6.07) is 7.45. The third-order valence-electron chi connectivity index (χ3n) is 1.63. The molecule has 0 aliphatic heterocycles. The van der Waals surface area contributed by atoms with Crippen molar-refractivity contribution in [2.75, 3.05) is 7.05 Å². The maximum Gasteiger partial charge on any atom is 0.265 e. The first-order valence-electron chi connectivity index (χ1n) is 3.78. The van der Waals surface area contributed by atoms with Crippen LogP contribution in [0.2, 0.25) is 0 Å². The zero-order chi connectivity index (χ0) is 8.97. The van der Waals surface area contributed by atoms with Gasteiger partial charge in [-0.3, -0.25) is 10.2 Å². The van der Waals surface area contributed by atoms with Crippen molar-refractivity contribution in [3.63, 3.8) is 0 Å². The Bertz CT molecular complexity index is 284. The van der Waals surface area contributed by atoms with E-state index in [1.165, 1.54) is 0 Å². The molecule has 0 heterocycles. The van der Waals surface area contributed by atoms with Gasteiger partial charge in [0, 0.05) is 12.6 Å². The molecule has 1 aromatic rings. The lowest BCUT2D eigenvalue weighted by atomic mass is 10.1. The van der Waals surface area contributed by atoms with Crippen LogP contribution in [0.3, 0.4) is 0 Å². The number of carbonyl (C=O) groups is 1. The Morgan fingerprint density at radius 3 is 2.58 bits per heavy atom. The minimum atomic E-state index is -0.101. The van der Waals surface area contributed by atoms with Crippen molar-refractivity contribution in [3.05, 3.63) is 35.4 Å². The number of nitrogens with one attached hydrogen (secondary N) is 2. The first-order valence-corrected chi connectivity index (χ1v) is 3.78. The number of amides is 1. The van der Waals surface area contributed by atoms with E-state index in [0.29, 0.717) is 5.56 Å². The van der Waals surface area contributed by atoms with Gasteiger partial charge in [-0.2, -0.15) is 0 Å². The highest BCUT2D eigenvalue weighted by Crippen LogP contribution is 2.05. The fourth-order valence-electron chi connectivity index (χ4n) is 1.01. The monoisotopic (exact) mass is 164 g/mol. The topological polar surface area (TPSA) is 41.1 Å². The second-order valence-electron chi connectivity index (χ2n) is 2.52. The van der Waals surface area contributed by atoms with E-state index in [0.717, 1.165) is 5.56 Å². The molecular formula is C9H12N2O. The quantitative estimate of drug-likeness (QED) is 0.636. The molecule has 1 amide bonds. The molecule has 64 valence electrons. The SMILES string of the molecule is CNNC(=O)c1ccccc1C. The van der Waals surface area contributed by atoms with E-state index in [1.54, 1.807) is 13.1 Å². The first kappa shape index (κ1) is 8.74. The lowest BCUT2D eigenvalue weighted by molar-refractivity contribution is 0.0937. The number of rotatable bonds is 2. The summed E-state index contributed by atoms with van der Waals surface area (Å²) in [5.74, 6) is -0.101. The number of benzene rings is 1. The molecule has 0 aromatic heterocycles. The molecule has 2 N–H and O–H groups in total. The van der Waals surface area contributed by atoms with Crippen LogP contribution in [0.4, 0.5) is 0 Å². The number of hydrogen-bond acceptors (Lipinski definition) is 2. The summed E-state index contributed by atoms with van der Waals surface area (Å²) in [7, 11) is 1.66. The van der Waals surface area contributed by atoms with Crippen molar-refractivity contribution in [2.45, 2.75) is 6.92 Å². The minimum Gasteiger partial charge on any atom is -0.288 e. The number of carbonyl (C=O) groups excluding carboxylic acids is 1. The van der Waals surface area contributed by atoms with Crippen LogP contribution >= 0.6 is 0 Å². The summed E-state index contributed by atoms with van der Waals surface area (Å²) >= 11 is 0. The summed E-state index contributed by atoms with van der Waals surface area (Å²) in [6.45, 7) is 1.91. The third-order valence-corrected chi connectivity index (χ3v) is 1.63. The Hall–Kier alpha value is -1.35. The van der Waals surface area contributed by atoms with E-state index in [4.69, 9.17) is 0 Å². The lowest BCUT2D eigenvalue weighted by Gasteiger charge is -2.04. The largest absolute Gasteiger partial charge is 0.288 e. The molecule has 3 heteroatoms. The Kier molecular flexibility index (Phi) is 2.82. The second kappa shape index (κ2) is 3.88. The molecule has 0 saturated heterocycles.